The second kappa shape index (κ2) is 7.48. The average molecular weight is 270 g/mol. The summed E-state index contributed by atoms with van der Waals surface area (Å²) in [4.78, 5) is 18.8. The molecule has 0 radical (unpaired) electrons. The quantitative estimate of drug-likeness (QED) is 0.564. The molecule has 1 unspecified atom stereocenters. The summed E-state index contributed by atoms with van der Waals surface area (Å²) < 4.78 is 5.43. The van der Waals surface area contributed by atoms with Gasteiger partial charge in [-0.1, -0.05) is 20.8 Å². The van der Waals surface area contributed by atoms with Crippen molar-refractivity contribution in [1.29, 1.82) is 0 Å². The number of hydrogen-bond donors (Lipinski definition) is 0. The van der Waals surface area contributed by atoms with Crippen LogP contribution in [0.4, 0.5) is 0 Å². The number of aromatic nitrogens is 1. The molecule has 1 atom stereocenters. The van der Waals surface area contributed by atoms with Crippen molar-refractivity contribution in [2.75, 3.05) is 13.1 Å². The van der Waals surface area contributed by atoms with Gasteiger partial charge in [-0.05, 0) is 32.9 Å². The van der Waals surface area contributed by atoms with Crippen LogP contribution in [-0.4, -0.2) is 35.2 Å². The van der Waals surface area contributed by atoms with E-state index in [1.165, 1.54) is 11.3 Å². The van der Waals surface area contributed by atoms with Gasteiger partial charge in [0.25, 0.3) is 0 Å². The third kappa shape index (κ3) is 4.07. The van der Waals surface area contributed by atoms with E-state index in [4.69, 9.17) is 4.74 Å². The van der Waals surface area contributed by atoms with Crippen molar-refractivity contribution < 1.29 is 9.53 Å². The number of hydrogen-bond acceptors (Lipinski definition) is 5. The minimum Gasteiger partial charge on any atom is -0.442 e. The number of ether oxygens (including phenoxy) is 1. The third-order valence-electron chi connectivity index (χ3n) is 2.82. The van der Waals surface area contributed by atoms with Crippen LogP contribution in [0.25, 0.3) is 0 Å². The van der Waals surface area contributed by atoms with Gasteiger partial charge in [0.1, 0.15) is 4.88 Å². The van der Waals surface area contributed by atoms with Crippen molar-refractivity contribution in [3.63, 3.8) is 0 Å². The fraction of sp³-hybridized carbons (Fsp3) is 0.692. The Morgan fingerprint density at radius 3 is 2.67 bits per heavy atom. The van der Waals surface area contributed by atoms with E-state index in [9.17, 15) is 4.79 Å². The van der Waals surface area contributed by atoms with E-state index in [1.54, 1.807) is 6.20 Å². The molecule has 0 N–H and O–H groups in total. The smallest absolute Gasteiger partial charge is 0.351 e. The van der Waals surface area contributed by atoms with Crippen molar-refractivity contribution in [1.82, 2.24) is 9.88 Å². The van der Waals surface area contributed by atoms with Crippen molar-refractivity contribution in [2.45, 2.75) is 46.8 Å². The summed E-state index contributed by atoms with van der Waals surface area (Å²) in [5.41, 5.74) is 0. The lowest BCUT2D eigenvalue weighted by molar-refractivity contribution is -0.0192. The fourth-order valence-corrected chi connectivity index (χ4v) is 2.66. The first-order valence-corrected chi connectivity index (χ1v) is 7.33. The molecule has 0 aliphatic carbocycles. The first-order chi connectivity index (χ1) is 8.62. The van der Waals surface area contributed by atoms with E-state index in [0.29, 0.717) is 4.88 Å². The van der Waals surface area contributed by atoms with Crippen molar-refractivity contribution in [3.05, 3.63) is 16.1 Å². The van der Waals surface area contributed by atoms with Crippen LogP contribution in [0.2, 0.25) is 0 Å². The van der Waals surface area contributed by atoms with Gasteiger partial charge in [0.2, 0.25) is 0 Å². The van der Waals surface area contributed by atoms with Crippen LogP contribution in [0, 0.1) is 0 Å². The minimum atomic E-state index is -0.269. The van der Waals surface area contributed by atoms with Gasteiger partial charge in [0.05, 0.1) is 11.2 Å². The first-order valence-electron chi connectivity index (χ1n) is 6.52. The molecule has 18 heavy (non-hydrogen) atoms. The highest BCUT2D eigenvalue weighted by Gasteiger charge is 2.18. The standard InChI is InChI=1S/C13H22N2O2S/c1-5-8-12-14-9-11(18-12)13(16)17-10(4)15(6-2)7-3/h9-10H,5-8H2,1-4H3. The summed E-state index contributed by atoms with van der Waals surface area (Å²) in [6.07, 6.45) is 3.39. The lowest BCUT2D eigenvalue weighted by Crippen LogP contribution is -2.36. The van der Waals surface area contributed by atoms with Gasteiger partial charge in [-0.2, -0.15) is 0 Å². The Hall–Kier alpha value is -0.940. The summed E-state index contributed by atoms with van der Waals surface area (Å²) in [7, 11) is 0. The SMILES string of the molecule is CCCc1ncc(C(=O)OC(C)N(CC)CC)s1. The molecule has 1 aromatic rings. The van der Waals surface area contributed by atoms with Gasteiger partial charge in [0, 0.05) is 0 Å². The van der Waals surface area contributed by atoms with E-state index in [0.717, 1.165) is 30.9 Å². The van der Waals surface area contributed by atoms with Crippen molar-refractivity contribution >= 4 is 17.3 Å². The van der Waals surface area contributed by atoms with Crippen LogP contribution in [0.1, 0.15) is 48.8 Å². The molecule has 4 nitrogen and oxygen atoms in total. The first kappa shape index (κ1) is 15.1. The van der Waals surface area contributed by atoms with Gasteiger partial charge >= 0.3 is 5.97 Å². The molecule has 0 aliphatic rings. The second-order valence-electron chi connectivity index (χ2n) is 4.09. The van der Waals surface area contributed by atoms with Crippen LogP contribution in [0.5, 0.6) is 0 Å². The molecule has 0 amide bonds. The van der Waals surface area contributed by atoms with E-state index in [2.05, 4.69) is 30.7 Å². The molecular formula is C13H22N2O2S. The highest BCUT2D eigenvalue weighted by molar-refractivity contribution is 7.13. The molecule has 0 aromatic carbocycles. The molecule has 0 aliphatic heterocycles. The lowest BCUT2D eigenvalue weighted by atomic mass is 10.4. The molecule has 102 valence electrons. The van der Waals surface area contributed by atoms with E-state index < -0.39 is 0 Å². The highest BCUT2D eigenvalue weighted by atomic mass is 32.1. The van der Waals surface area contributed by atoms with Crippen LogP contribution in [-0.2, 0) is 11.2 Å². The topological polar surface area (TPSA) is 42.4 Å². The zero-order valence-electron chi connectivity index (χ0n) is 11.6. The van der Waals surface area contributed by atoms with E-state index in [-0.39, 0.29) is 12.2 Å². The Labute approximate surface area is 113 Å². The predicted octanol–water partition coefficient (Wildman–Crippen LogP) is 2.94. The monoisotopic (exact) mass is 270 g/mol. The van der Waals surface area contributed by atoms with Crippen LogP contribution < -0.4 is 0 Å². The Morgan fingerprint density at radius 2 is 2.11 bits per heavy atom. The van der Waals surface area contributed by atoms with Gasteiger partial charge in [-0.15, -0.1) is 11.3 Å². The normalized spacial score (nSPS) is 12.7. The Balaban J connectivity index is 2.58. The number of thiazole rings is 1. The predicted molar refractivity (Wildman–Crippen MR) is 73.9 cm³/mol. The molecule has 0 fully saturated rings. The molecule has 0 saturated carbocycles. The van der Waals surface area contributed by atoms with Crippen LogP contribution in [0.3, 0.4) is 0 Å². The van der Waals surface area contributed by atoms with Gasteiger partial charge in [0.15, 0.2) is 6.23 Å². The van der Waals surface area contributed by atoms with E-state index in [1.807, 2.05) is 6.92 Å². The summed E-state index contributed by atoms with van der Waals surface area (Å²) in [5, 5.41) is 1.000. The second-order valence-corrected chi connectivity index (χ2v) is 5.21. The number of aryl methyl sites for hydroxylation is 1. The summed E-state index contributed by atoms with van der Waals surface area (Å²) in [6.45, 7) is 9.85. The fourth-order valence-electron chi connectivity index (χ4n) is 1.76. The van der Waals surface area contributed by atoms with Crippen molar-refractivity contribution in [3.8, 4) is 0 Å². The summed E-state index contributed by atoms with van der Waals surface area (Å²) >= 11 is 1.43. The molecule has 1 rings (SSSR count). The molecule has 0 saturated heterocycles. The van der Waals surface area contributed by atoms with Crippen LogP contribution in [0.15, 0.2) is 6.20 Å². The zero-order chi connectivity index (χ0) is 13.5. The number of rotatable bonds is 7. The van der Waals surface area contributed by atoms with Crippen molar-refractivity contribution in [2.24, 2.45) is 0 Å². The highest BCUT2D eigenvalue weighted by Crippen LogP contribution is 2.16. The molecule has 5 heteroatoms. The largest absolute Gasteiger partial charge is 0.442 e. The molecule has 1 heterocycles. The Bertz CT molecular complexity index is 375. The number of carbonyl (C=O) groups excluding carboxylic acids is 1. The molecule has 0 bridgehead atoms. The van der Waals surface area contributed by atoms with Gasteiger partial charge in [-0.25, -0.2) is 9.78 Å². The Morgan fingerprint density at radius 1 is 1.44 bits per heavy atom. The maximum atomic E-state index is 11.9. The van der Waals surface area contributed by atoms with Gasteiger partial charge < -0.3 is 4.74 Å². The lowest BCUT2D eigenvalue weighted by Gasteiger charge is -2.25. The Kier molecular flexibility index (Phi) is 6.29. The molecule has 0 spiro atoms. The van der Waals surface area contributed by atoms with Gasteiger partial charge in [-0.3, -0.25) is 4.90 Å². The number of carbonyl (C=O) groups is 1. The van der Waals surface area contributed by atoms with Crippen LogP contribution >= 0.6 is 11.3 Å². The maximum Gasteiger partial charge on any atom is 0.351 e. The average Bonchev–Trinajstić information content (AvgIpc) is 2.79. The number of nitrogens with zero attached hydrogens (tertiary/aromatic N) is 2. The minimum absolute atomic E-state index is 0.191. The molecular weight excluding hydrogens is 248 g/mol. The third-order valence-corrected chi connectivity index (χ3v) is 3.86. The maximum absolute atomic E-state index is 11.9. The number of esters is 1. The summed E-state index contributed by atoms with van der Waals surface area (Å²) in [5.74, 6) is -0.269. The zero-order valence-corrected chi connectivity index (χ0v) is 12.4. The molecule has 1 aromatic heterocycles. The van der Waals surface area contributed by atoms with E-state index >= 15 is 0 Å². The summed E-state index contributed by atoms with van der Waals surface area (Å²) in [6, 6.07) is 0.